The van der Waals surface area contributed by atoms with Crippen molar-refractivity contribution in [2.45, 2.75) is 20.3 Å². The maximum absolute atomic E-state index is 8.83. The minimum absolute atomic E-state index is 0.406. The van der Waals surface area contributed by atoms with Gasteiger partial charge in [0.15, 0.2) is 5.82 Å². The van der Waals surface area contributed by atoms with Gasteiger partial charge in [0.05, 0.1) is 11.3 Å². The van der Waals surface area contributed by atoms with E-state index in [1.165, 1.54) is 0 Å². The van der Waals surface area contributed by atoms with E-state index in [0.717, 1.165) is 19.6 Å². The molecule has 0 aromatic carbocycles. The van der Waals surface area contributed by atoms with Crippen molar-refractivity contribution in [2.24, 2.45) is 5.92 Å². The number of anilines is 2. The molecule has 1 aromatic heterocycles. The first-order valence-corrected chi connectivity index (χ1v) is 6.11. The molecule has 1 rings (SSSR count). The Hall–Kier alpha value is -1.80. The van der Waals surface area contributed by atoms with Gasteiger partial charge in [0, 0.05) is 26.0 Å². The van der Waals surface area contributed by atoms with Crippen molar-refractivity contribution in [3.8, 4) is 6.07 Å². The molecule has 0 aliphatic carbocycles. The summed E-state index contributed by atoms with van der Waals surface area (Å²) in [5, 5.41) is 11.9. The van der Waals surface area contributed by atoms with E-state index in [-0.39, 0.29) is 0 Å². The topological polar surface area (TPSA) is 84.0 Å². The second-order valence-electron chi connectivity index (χ2n) is 4.48. The number of nitrogen functional groups attached to an aromatic ring is 1. The maximum Gasteiger partial charge on any atom is 0.150 e. The molecule has 0 aliphatic rings. The molecule has 0 atom stereocenters. The molecule has 5 heteroatoms. The Kier molecular flexibility index (Phi) is 5.95. The van der Waals surface area contributed by atoms with Crippen LogP contribution < -0.4 is 11.1 Å². The van der Waals surface area contributed by atoms with Gasteiger partial charge in [-0.15, -0.1) is 0 Å². The van der Waals surface area contributed by atoms with E-state index in [1.807, 2.05) is 6.07 Å². The van der Waals surface area contributed by atoms with E-state index >= 15 is 0 Å². The predicted molar refractivity (Wildman–Crippen MR) is 72.1 cm³/mol. The summed E-state index contributed by atoms with van der Waals surface area (Å²) in [6.07, 6.45) is 2.46. The molecule has 0 saturated heterocycles. The van der Waals surface area contributed by atoms with Crippen LogP contribution in [0.1, 0.15) is 25.8 Å². The van der Waals surface area contributed by atoms with Crippen LogP contribution in [0.15, 0.2) is 12.3 Å². The lowest BCUT2D eigenvalue weighted by Crippen LogP contribution is -2.10. The van der Waals surface area contributed by atoms with Gasteiger partial charge in [-0.05, 0) is 18.4 Å². The number of hydrogen-bond donors (Lipinski definition) is 2. The number of nitrogens with zero attached hydrogens (tertiary/aromatic N) is 2. The minimum atomic E-state index is 0.406. The van der Waals surface area contributed by atoms with Crippen molar-refractivity contribution in [1.82, 2.24) is 4.98 Å². The summed E-state index contributed by atoms with van der Waals surface area (Å²) < 4.78 is 5.46. The van der Waals surface area contributed by atoms with Gasteiger partial charge in [-0.2, -0.15) is 5.26 Å². The summed E-state index contributed by atoms with van der Waals surface area (Å²) in [5.74, 6) is 1.13. The zero-order chi connectivity index (χ0) is 13.4. The normalized spacial score (nSPS) is 10.3. The van der Waals surface area contributed by atoms with Crippen molar-refractivity contribution in [3.63, 3.8) is 0 Å². The van der Waals surface area contributed by atoms with Crippen LogP contribution in [-0.2, 0) is 4.74 Å². The van der Waals surface area contributed by atoms with Gasteiger partial charge in [-0.1, -0.05) is 13.8 Å². The van der Waals surface area contributed by atoms with Crippen LogP contribution in [-0.4, -0.2) is 24.7 Å². The van der Waals surface area contributed by atoms with Crippen molar-refractivity contribution in [2.75, 3.05) is 30.8 Å². The number of nitriles is 1. The summed E-state index contributed by atoms with van der Waals surface area (Å²) in [5.41, 5.74) is 6.65. The number of rotatable bonds is 7. The molecule has 0 unspecified atom stereocenters. The molecular weight excluding hydrogens is 228 g/mol. The van der Waals surface area contributed by atoms with E-state index in [2.05, 4.69) is 24.1 Å². The Morgan fingerprint density at radius 2 is 2.33 bits per heavy atom. The Labute approximate surface area is 108 Å². The molecule has 98 valence electrons. The number of nitrogens with two attached hydrogens (primary N) is 1. The van der Waals surface area contributed by atoms with Crippen LogP contribution in [0.2, 0.25) is 0 Å². The fourth-order valence-electron chi connectivity index (χ4n) is 1.41. The Morgan fingerprint density at radius 3 is 3.00 bits per heavy atom. The molecule has 0 radical (unpaired) electrons. The number of pyridine rings is 1. The third-order valence-corrected chi connectivity index (χ3v) is 2.32. The van der Waals surface area contributed by atoms with Gasteiger partial charge in [0.25, 0.3) is 0 Å². The SMILES string of the molecule is CC(C)COCCCNc1nccc(C#N)c1N. The number of aromatic nitrogens is 1. The molecular formula is C13H20N4O. The molecule has 0 aliphatic heterocycles. The lowest BCUT2D eigenvalue weighted by atomic mass is 10.2. The van der Waals surface area contributed by atoms with Crippen LogP contribution in [0, 0.1) is 17.2 Å². The van der Waals surface area contributed by atoms with E-state index < -0.39 is 0 Å². The first-order chi connectivity index (χ1) is 8.65. The van der Waals surface area contributed by atoms with Gasteiger partial charge in [-0.25, -0.2) is 4.98 Å². The number of hydrogen-bond acceptors (Lipinski definition) is 5. The molecule has 0 bridgehead atoms. The third kappa shape index (κ3) is 4.60. The van der Waals surface area contributed by atoms with Crippen molar-refractivity contribution < 1.29 is 4.74 Å². The maximum atomic E-state index is 8.83. The van der Waals surface area contributed by atoms with Crippen LogP contribution in [0.25, 0.3) is 0 Å². The second-order valence-corrected chi connectivity index (χ2v) is 4.48. The third-order valence-electron chi connectivity index (χ3n) is 2.32. The molecule has 5 nitrogen and oxygen atoms in total. The average molecular weight is 248 g/mol. The van der Waals surface area contributed by atoms with E-state index in [9.17, 15) is 0 Å². The lowest BCUT2D eigenvalue weighted by Gasteiger charge is -2.10. The van der Waals surface area contributed by atoms with Gasteiger partial charge in [0.2, 0.25) is 0 Å². The van der Waals surface area contributed by atoms with E-state index in [1.54, 1.807) is 12.3 Å². The van der Waals surface area contributed by atoms with Crippen LogP contribution in [0.5, 0.6) is 0 Å². The quantitative estimate of drug-likeness (QED) is 0.721. The minimum Gasteiger partial charge on any atom is -0.395 e. The first-order valence-electron chi connectivity index (χ1n) is 6.11. The highest BCUT2D eigenvalue weighted by Gasteiger charge is 2.04. The number of ether oxygens (including phenoxy) is 1. The highest BCUT2D eigenvalue weighted by atomic mass is 16.5. The lowest BCUT2D eigenvalue weighted by molar-refractivity contribution is 0.110. The zero-order valence-electron chi connectivity index (χ0n) is 10.9. The molecule has 3 N–H and O–H groups in total. The molecule has 1 heterocycles. The van der Waals surface area contributed by atoms with Gasteiger partial charge < -0.3 is 15.8 Å². The first kappa shape index (κ1) is 14.3. The second kappa shape index (κ2) is 7.51. The van der Waals surface area contributed by atoms with Crippen molar-refractivity contribution >= 4 is 11.5 Å². The van der Waals surface area contributed by atoms with Crippen molar-refractivity contribution in [3.05, 3.63) is 17.8 Å². The standard InChI is InChI=1S/C13H20N4O/c1-10(2)9-18-7-3-5-16-13-12(15)11(8-14)4-6-17-13/h4,6,10H,3,5,7,9,15H2,1-2H3,(H,16,17). The average Bonchev–Trinajstić information content (AvgIpc) is 2.35. The summed E-state index contributed by atoms with van der Waals surface area (Å²) in [7, 11) is 0. The molecule has 18 heavy (non-hydrogen) atoms. The zero-order valence-corrected chi connectivity index (χ0v) is 10.9. The summed E-state index contributed by atoms with van der Waals surface area (Å²) in [4.78, 5) is 4.10. The summed E-state index contributed by atoms with van der Waals surface area (Å²) in [6, 6.07) is 3.63. The van der Waals surface area contributed by atoms with Crippen LogP contribution >= 0.6 is 0 Å². The number of nitrogens with one attached hydrogen (secondary N) is 1. The Morgan fingerprint density at radius 1 is 1.56 bits per heavy atom. The molecule has 1 aromatic rings. The highest BCUT2D eigenvalue weighted by molar-refractivity contribution is 5.68. The molecule has 0 fully saturated rings. The Balaban J connectivity index is 2.30. The fraction of sp³-hybridized carbons (Fsp3) is 0.538. The molecule has 0 amide bonds. The van der Waals surface area contributed by atoms with Crippen LogP contribution in [0.3, 0.4) is 0 Å². The molecule has 0 saturated carbocycles. The summed E-state index contributed by atoms with van der Waals surface area (Å²) in [6.45, 7) is 6.46. The highest BCUT2D eigenvalue weighted by Crippen LogP contribution is 2.18. The predicted octanol–water partition coefficient (Wildman–Crippen LogP) is 2.01. The molecule has 0 spiro atoms. The van der Waals surface area contributed by atoms with E-state index in [0.29, 0.717) is 29.6 Å². The monoisotopic (exact) mass is 248 g/mol. The summed E-state index contributed by atoms with van der Waals surface area (Å²) >= 11 is 0. The van der Waals surface area contributed by atoms with Gasteiger partial charge in [0.1, 0.15) is 6.07 Å². The smallest absolute Gasteiger partial charge is 0.150 e. The van der Waals surface area contributed by atoms with Crippen molar-refractivity contribution in [1.29, 1.82) is 5.26 Å². The largest absolute Gasteiger partial charge is 0.395 e. The van der Waals surface area contributed by atoms with E-state index in [4.69, 9.17) is 15.7 Å². The Bertz CT molecular complexity index is 412. The fourth-order valence-corrected chi connectivity index (χ4v) is 1.41. The van der Waals surface area contributed by atoms with Gasteiger partial charge >= 0.3 is 0 Å². The van der Waals surface area contributed by atoms with Crippen LogP contribution in [0.4, 0.5) is 11.5 Å². The van der Waals surface area contributed by atoms with Gasteiger partial charge in [-0.3, -0.25) is 0 Å².